The molecule has 1 aromatic rings. The SMILES string of the molecule is CC(C)CCN(C1CC1)C(CN)c1c(F)cccc1Cl. The van der Waals surface area contributed by atoms with E-state index in [1.807, 2.05) is 0 Å². The summed E-state index contributed by atoms with van der Waals surface area (Å²) in [7, 11) is 0. The minimum absolute atomic E-state index is 0.116. The van der Waals surface area contributed by atoms with Crippen LogP contribution in [0.25, 0.3) is 0 Å². The highest BCUT2D eigenvalue weighted by atomic mass is 35.5. The van der Waals surface area contributed by atoms with E-state index >= 15 is 0 Å². The molecule has 1 saturated carbocycles. The van der Waals surface area contributed by atoms with Crippen molar-refractivity contribution in [1.29, 1.82) is 0 Å². The fourth-order valence-electron chi connectivity index (χ4n) is 2.65. The zero-order chi connectivity index (χ0) is 14.7. The first-order valence-electron chi connectivity index (χ1n) is 7.44. The molecule has 0 bridgehead atoms. The van der Waals surface area contributed by atoms with Crippen molar-refractivity contribution in [1.82, 2.24) is 4.90 Å². The molecule has 0 spiro atoms. The smallest absolute Gasteiger partial charge is 0.129 e. The van der Waals surface area contributed by atoms with Crippen LogP contribution in [0.2, 0.25) is 5.02 Å². The van der Waals surface area contributed by atoms with Gasteiger partial charge in [-0.2, -0.15) is 0 Å². The third kappa shape index (κ3) is 3.72. The fraction of sp³-hybridized carbons (Fsp3) is 0.625. The van der Waals surface area contributed by atoms with Gasteiger partial charge in [0.1, 0.15) is 5.82 Å². The summed E-state index contributed by atoms with van der Waals surface area (Å²) in [6.45, 7) is 5.77. The summed E-state index contributed by atoms with van der Waals surface area (Å²) in [6.07, 6.45) is 3.46. The van der Waals surface area contributed by atoms with E-state index < -0.39 is 0 Å². The maximum absolute atomic E-state index is 14.2. The van der Waals surface area contributed by atoms with Crippen LogP contribution >= 0.6 is 11.6 Å². The number of hydrogen-bond acceptors (Lipinski definition) is 2. The molecule has 112 valence electrons. The van der Waals surface area contributed by atoms with Crippen LogP contribution < -0.4 is 5.73 Å². The molecule has 2 nitrogen and oxygen atoms in total. The number of rotatable bonds is 7. The molecule has 1 unspecified atom stereocenters. The zero-order valence-corrected chi connectivity index (χ0v) is 13.0. The summed E-state index contributed by atoms with van der Waals surface area (Å²) in [5, 5.41) is 0.482. The van der Waals surface area contributed by atoms with Crippen molar-refractivity contribution in [3.05, 3.63) is 34.6 Å². The zero-order valence-electron chi connectivity index (χ0n) is 12.3. The second kappa shape index (κ2) is 6.88. The number of nitrogens with zero attached hydrogens (tertiary/aromatic N) is 1. The van der Waals surface area contributed by atoms with Gasteiger partial charge in [0.05, 0.1) is 6.04 Å². The van der Waals surface area contributed by atoms with Crippen molar-refractivity contribution >= 4 is 11.6 Å². The molecule has 0 radical (unpaired) electrons. The van der Waals surface area contributed by atoms with Gasteiger partial charge < -0.3 is 5.73 Å². The van der Waals surface area contributed by atoms with E-state index in [2.05, 4.69) is 18.7 Å². The lowest BCUT2D eigenvalue weighted by atomic mass is 10.0. The lowest BCUT2D eigenvalue weighted by molar-refractivity contribution is 0.177. The molecule has 0 amide bonds. The van der Waals surface area contributed by atoms with Gasteiger partial charge in [0.2, 0.25) is 0 Å². The monoisotopic (exact) mass is 298 g/mol. The van der Waals surface area contributed by atoms with Gasteiger partial charge in [0.25, 0.3) is 0 Å². The van der Waals surface area contributed by atoms with Gasteiger partial charge in [0.15, 0.2) is 0 Å². The molecule has 1 aromatic carbocycles. The molecule has 1 atom stereocenters. The molecule has 0 heterocycles. The number of halogens is 2. The van der Waals surface area contributed by atoms with Crippen LogP contribution in [0.4, 0.5) is 4.39 Å². The Morgan fingerprint density at radius 2 is 2.10 bits per heavy atom. The molecule has 1 aliphatic carbocycles. The molecule has 0 aromatic heterocycles. The summed E-state index contributed by atoms with van der Waals surface area (Å²) in [4.78, 5) is 2.35. The van der Waals surface area contributed by atoms with E-state index in [-0.39, 0.29) is 11.9 Å². The summed E-state index contributed by atoms with van der Waals surface area (Å²) in [5.41, 5.74) is 6.51. The highest BCUT2D eigenvalue weighted by Gasteiger charge is 2.35. The third-order valence-electron chi connectivity index (χ3n) is 3.94. The Morgan fingerprint density at radius 3 is 2.60 bits per heavy atom. The molecule has 0 aliphatic heterocycles. The van der Waals surface area contributed by atoms with Gasteiger partial charge in [-0.3, -0.25) is 4.90 Å². The maximum Gasteiger partial charge on any atom is 0.129 e. The highest BCUT2D eigenvalue weighted by molar-refractivity contribution is 6.31. The third-order valence-corrected chi connectivity index (χ3v) is 4.27. The molecule has 0 saturated heterocycles. The molecule has 1 aliphatic rings. The second-order valence-electron chi connectivity index (χ2n) is 6.04. The quantitative estimate of drug-likeness (QED) is 0.825. The first-order chi connectivity index (χ1) is 9.54. The Kier molecular flexibility index (Phi) is 5.42. The van der Waals surface area contributed by atoms with Gasteiger partial charge in [-0.1, -0.05) is 31.5 Å². The Morgan fingerprint density at radius 1 is 1.40 bits per heavy atom. The average Bonchev–Trinajstić information content (AvgIpc) is 3.20. The highest BCUT2D eigenvalue weighted by Crippen LogP contribution is 2.37. The molecule has 1 fully saturated rings. The average molecular weight is 299 g/mol. The normalized spacial score (nSPS) is 16.9. The molecule has 2 N–H and O–H groups in total. The molecule has 2 rings (SSSR count). The lowest BCUT2D eigenvalue weighted by Crippen LogP contribution is -2.37. The van der Waals surface area contributed by atoms with Gasteiger partial charge in [0, 0.05) is 23.2 Å². The molecule has 4 heteroatoms. The van der Waals surface area contributed by atoms with Crippen molar-refractivity contribution in [3.8, 4) is 0 Å². The van der Waals surface area contributed by atoms with Gasteiger partial charge in [-0.25, -0.2) is 4.39 Å². The van der Waals surface area contributed by atoms with Crippen LogP contribution in [0.1, 0.15) is 44.7 Å². The Balaban J connectivity index is 2.23. The standard InChI is InChI=1S/C16H24ClFN2/c1-11(2)8-9-20(12-6-7-12)15(10-19)16-13(17)4-3-5-14(16)18/h3-5,11-12,15H,6-10,19H2,1-2H3. The van der Waals surface area contributed by atoms with Crippen molar-refractivity contribution in [3.63, 3.8) is 0 Å². The van der Waals surface area contributed by atoms with E-state index in [1.165, 1.54) is 18.9 Å². The first-order valence-corrected chi connectivity index (χ1v) is 7.82. The number of hydrogen-bond donors (Lipinski definition) is 1. The summed E-state index contributed by atoms with van der Waals surface area (Å²) >= 11 is 6.21. The van der Waals surface area contributed by atoms with Crippen molar-refractivity contribution in [2.75, 3.05) is 13.1 Å². The van der Waals surface area contributed by atoms with E-state index in [9.17, 15) is 4.39 Å². The minimum atomic E-state index is -0.247. The van der Waals surface area contributed by atoms with Gasteiger partial charge >= 0.3 is 0 Å². The summed E-state index contributed by atoms with van der Waals surface area (Å²) in [5.74, 6) is 0.383. The lowest BCUT2D eigenvalue weighted by Gasteiger charge is -2.32. The van der Waals surface area contributed by atoms with Crippen molar-refractivity contribution < 1.29 is 4.39 Å². The topological polar surface area (TPSA) is 29.3 Å². The number of benzene rings is 1. The van der Waals surface area contributed by atoms with Crippen molar-refractivity contribution in [2.24, 2.45) is 11.7 Å². The van der Waals surface area contributed by atoms with Crippen LogP contribution in [-0.2, 0) is 0 Å². The Hall–Kier alpha value is -0.640. The van der Waals surface area contributed by atoms with Crippen LogP contribution in [-0.4, -0.2) is 24.0 Å². The summed E-state index contributed by atoms with van der Waals surface area (Å²) in [6, 6.07) is 5.28. The molecule has 20 heavy (non-hydrogen) atoms. The predicted octanol–water partition coefficient (Wildman–Crippen LogP) is 3.99. The first kappa shape index (κ1) is 15.7. The fourth-order valence-corrected chi connectivity index (χ4v) is 2.94. The predicted molar refractivity (Wildman–Crippen MR) is 82.4 cm³/mol. The van der Waals surface area contributed by atoms with Crippen LogP contribution in [0.5, 0.6) is 0 Å². The largest absolute Gasteiger partial charge is 0.329 e. The van der Waals surface area contributed by atoms with E-state index in [4.69, 9.17) is 17.3 Å². The molecular weight excluding hydrogens is 275 g/mol. The van der Waals surface area contributed by atoms with Crippen molar-refractivity contribution in [2.45, 2.75) is 45.2 Å². The van der Waals surface area contributed by atoms with Crippen LogP contribution in [0.3, 0.4) is 0 Å². The van der Waals surface area contributed by atoms with Crippen LogP contribution in [0.15, 0.2) is 18.2 Å². The van der Waals surface area contributed by atoms with Gasteiger partial charge in [-0.05, 0) is 43.9 Å². The van der Waals surface area contributed by atoms with E-state index in [0.29, 0.717) is 29.1 Å². The molecular formula is C16H24ClFN2. The minimum Gasteiger partial charge on any atom is -0.329 e. The van der Waals surface area contributed by atoms with E-state index in [1.54, 1.807) is 12.1 Å². The Bertz CT molecular complexity index is 426. The maximum atomic E-state index is 14.2. The Labute approximate surface area is 126 Å². The summed E-state index contributed by atoms with van der Waals surface area (Å²) < 4.78 is 14.2. The van der Waals surface area contributed by atoms with Gasteiger partial charge in [-0.15, -0.1) is 0 Å². The number of nitrogens with two attached hydrogens (primary N) is 1. The van der Waals surface area contributed by atoms with E-state index in [0.717, 1.165) is 13.0 Å². The second-order valence-corrected chi connectivity index (χ2v) is 6.45. The van der Waals surface area contributed by atoms with Crippen LogP contribution in [0, 0.1) is 11.7 Å².